The van der Waals surface area contributed by atoms with Gasteiger partial charge in [0.1, 0.15) is 5.00 Å². The summed E-state index contributed by atoms with van der Waals surface area (Å²) in [7, 11) is 0. The summed E-state index contributed by atoms with van der Waals surface area (Å²) in [6.07, 6.45) is 0.730. The van der Waals surface area contributed by atoms with Crippen molar-refractivity contribution in [2.75, 3.05) is 11.9 Å². The number of nitrogens with zero attached hydrogens (tertiary/aromatic N) is 1. The minimum atomic E-state index is -0.495. The minimum absolute atomic E-state index is 0.176. The van der Waals surface area contributed by atoms with Gasteiger partial charge in [0.05, 0.1) is 11.5 Å². The Morgan fingerprint density at radius 2 is 1.46 bits per heavy atom. The maximum absolute atomic E-state index is 13.6. The average Bonchev–Trinajstić information content (AvgIpc) is 3.23. The molecule has 0 bridgehead atoms. The largest absolute Gasteiger partial charge is 0.365 e. The van der Waals surface area contributed by atoms with Crippen molar-refractivity contribution in [3.63, 3.8) is 0 Å². The van der Waals surface area contributed by atoms with Gasteiger partial charge in [-0.2, -0.15) is 0 Å². The second-order valence-corrected chi connectivity index (χ2v) is 9.87. The van der Waals surface area contributed by atoms with Crippen LogP contribution in [0.2, 0.25) is 0 Å². The van der Waals surface area contributed by atoms with Crippen molar-refractivity contribution in [1.29, 1.82) is 0 Å². The van der Waals surface area contributed by atoms with Gasteiger partial charge in [-0.3, -0.25) is 14.5 Å². The fourth-order valence-electron chi connectivity index (χ4n) is 4.75. The molecule has 35 heavy (non-hydrogen) atoms. The smallest absolute Gasteiger partial charge is 0.251 e. The first kappa shape index (κ1) is 23.0. The third kappa shape index (κ3) is 5.04. The van der Waals surface area contributed by atoms with E-state index < -0.39 is 11.8 Å². The second-order valence-electron chi connectivity index (χ2n) is 8.76. The molecule has 3 N–H and O–H groups in total. The fourth-order valence-corrected chi connectivity index (χ4v) is 6.05. The summed E-state index contributed by atoms with van der Waals surface area (Å²) >= 11 is 1.47. The van der Waals surface area contributed by atoms with Crippen molar-refractivity contribution in [1.82, 2.24) is 4.90 Å². The lowest BCUT2D eigenvalue weighted by molar-refractivity contribution is -0.116. The number of amides is 2. The zero-order valence-electron chi connectivity index (χ0n) is 19.3. The first-order valence-electron chi connectivity index (χ1n) is 11.7. The van der Waals surface area contributed by atoms with E-state index in [0.29, 0.717) is 10.6 Å². The van der Waals surface area contributed by atoms with Gasteiger partial charge < -0.3 is 11.1 Å². The standard InChI is InChI=1S/C29H27N3O2S/c30-27(33)26-23-16-17-32(18-20-10-4-1-5-11-20)19-24(23)35-29(26)31-28(34)25(21-12-6-2-7-13-21)22-14-8-3-9-15-22/h1-15,25H,16-19H2,(H2,30,33)(H,31,34). The van der Waals surface area contributed by atoms with Gasteiger partial charge in [0.15, 0.2) is 0 Å². The Bertz CT molecular complexity index is 1280. The van der Waals surface area contributed by atoms with Gasteiger partial charge in [-0.1, -0.05) is 91.0 Å². The van der Waals surface area contributed by atoms with E-state index >= 15 is 0 Å². The molecule has 5 nitrogen and oxygen atoms in total. The molecule has 1 aliphatic heterocycles. The molecular weight excluding hydrogens is 454 g/mol. The van der Waals surface area contributed by atoms with Gasteiger partial charge >= 0.3 is 0 Å². The van der Waals surface area contributed by atoms with Gasteiger partial charge in [0.25, 0.3) is 5.91 Å². The number of nitrogens with one attached hydrogen (secondary N) is 1. The molecule has 0 saturated heterocycles. The monoisotopic (exact) mass is 481 g/mol. The molecule has 0 spiro atoms. The van der Waals surface area contributed by atoms with Crippen LogP contribution in [0.3, 0.4) is 0 Å². The molecule has 0 atom stereocenters. The Kier molecular flexibility index (Phi) is 6.75. The van der Waals surface area contributed by atoms with Gasteiger partial charge in [-0.25, -0.2) is 0 Å². The van der Waals surface area contributed by atoms with Gasteiger partial charge in [0.2, 0.25) is 5.91 Å². The number of carbonyl (C=O) groups excluding carboxylic acids is 2. The predicted molar refractivity (Wildman–Crippen MR) is 140 cm³/mol. The average molecular weight is 482 g/mol. The number of anilines is 1. The van der Waals surface area contributed by atoms with Crippen LogP contribution in [0.15, 0.2) is 91.0 Å². The van der Waals surface area contributed by atoms with E-state index in [1.807, 2.05) is 78.9 Å². The Hall–Kier alpha value is -3.74. The Morgan fingerprint density at radius 3 is 2.03 bits per heavy atom. The summed E-state index contributed by atoms with van der Waals surface area (Å²) in [6, 6.07) is 29.7. The Balaban J connectivity index is 1.43. The highest BCUT2D eigenvalue weighted by atomic mass is 32.1. The van der Waals surface area contributed by atoms with Crippen LogP contribution < -0.4 is 11.1 Å². The number of rotatable bonds is 7. The van der Waals surface area contributed by atoms with Crippen molar-refractivity contribution in [3.05, 3.63) is 124 Å². The first-order valence-corrected chi connectivity index (χ1v) is 12.5. The van der Waals surface area contributed by atoms with Crippen LogP contribution in [-0.4, -0.2) is 23.3 Å². The predicted octanol–water partition coefficient (Wildman–Crippen LogP) is 5.18. The lowest BCUT2D eigenvalue weighted by Gasteiger charge is -2.27. The van der Waals surface area contributed by atoms with Crippen LogP contribution in [0.5, 0.6) is 0 Å². The molecule has 6 heteroatoms. The summed E-state index contributed by atoms with van der Waals surface area (Å²) in [5.74, 6) is -1.17. The van der Waals surface area contributed by atoms with Crippen LogP contribution in [0, 0.1) is 0 Å². The molecule has 3 aromatic carbocycles. The fraction of sp³-hybridized carbons (Fsp3) is 0.172. The van der Waals surface area contributed by atoms with E-state index in [9.17, 15) is 9.59 Å². The number of primary amides is 1. The summed E-state index contributed by atoms with van der Waals surface area (Å²) < 4.78 is 0. The molecular formula is C29H27N3O2S. The molecule has 5 rings (SSSR count). The maximum Gasteiger partial charge on any atom is 0.251 e. The minimum Gasteiger partial charge on any atom is -0.365 e. The van der Waals surface area contributed by atoms with E-state index in [4.69, 9.17) is 5.73 Å². The van der Waals surface area contributed by atoms with Crippen LogP contribution in [-0.2, 0) is 24.3 Å². The molecule has 0 aliphatic carbocycles. The highest BCUT2D eigenvalue weighted by Crippen LogP contribution is 2.38. The second kappa shape index (κ2) is 10.3. The lowest BCUT2D eigenvalue weighted by atomic mass is 9.90. The Labute approximate surface area is 209 Å². The summed E-state index contributed by atoms with van der Waals surface area (Å²) in [5, 5.41) is 3.62. The summed E-state index contributed by atoms with van der Waals surface area (Å²) in [5.41, 5.74) is 10.3. The van der Waals surface area contributed by atoms with Crippen LogP contribution in [0.1, 0.15) is 43.4 Å². The molecule has 176 valence electrons. The highest BCUT2D eigenvalue weighted by Gasteiger charge is 2.30. The van der Waals surface area contributed by atoms with Crippen LogP contribution >= 0.6 is 11.3 Å². The number of benzene rings is 3. The third-order valence-corrected chi connectivity index (χ3v) is 7.53. The number of carbonyl (C=O) groups is 2. The highest BCUT2D eigenvalue weighted by molar-refractivity contribution is 7.17. The summed E-state index contributed by atoms with van der Waals surface area (Å²) in [6.45, 7) is 2.41. The SMILES string of the molecule is NC(=O)c1c(NC(=O)C(c2ccccc2)c2ccccc2)sc2c1CCN(Cc1ccccc1)C2. The number of nitrogens with two attached hydrogens (primary N) is 1. The summed E-state index contributed by atoms with van der Waals surface area (Å²) in [4.78, 5) is 29.6. The number of fused-ring (bicyclic) bond motifs is 1. The van der Waals surface area contributed by atoms with Crippen molar-refractivity contribution >= 4 is 28.2 Å². The topological polar surface area (TPSA) is 75.4 Å². The van der Waals surface area contributed by atoms with Gasteiger partial charge in [0, 0.05) is 24.5 Å². The van der Waals surface area contributed by atoms with E-state index in [1.54, 1.807) is 0 Å². The normalized spacial score (nSPS) is 13.4. The Morgan fingerprint density at radius 1 is 0.886 bits per heavy atom. The zero-order valence-corrected chi connectivity index (χ0v) is 20.1. The van der Waals surface area contributed by atoms with Gasteiger partial charge in [-0.15, -0.1) is 11.3 Å². The number of hydrogen-bond acceptors (Lipinski definition) is 4. The van der Waals surface area contributed by atoms with Crippen LogP contribution in [0.25, 0.3) is 0 Å². The van der Waals surface area contributed by atoms with E-state index in [1.165, 1.54) is 16.9 Å². The molecule has 2 amide bonds. The molecule has 0 unspecified atom stereocenters. The molecule has 1 aromatic heterocycles. The lowest BCUT2D eigenvalue weighted by Crippen LogP contribution is -2.30. The van der Waals surface area contributed by atoms with E-state index in [-0.39, 0.29) is 5.91 Å². The first-order chi connectivity index (χ1) is 17.1. The molecule has 1 aliphatic rings. The van der Waals surface area contributed by atoms with Crippen molar-refractivity contribution < 1.29 is 9.59 Å². The van der Waals surface area contributed by atoms with Crippen molar-refractivity contribution in [2.24, 2.45) is 5.73 Å². The number of thiophene rings is 1. The molecule has 0 saturated carbocycles. The van der Waals surface area contributed by atoms with Crippen LogP contribution in [0.4, 0.5) is 5.00 Å². The maximum atomic E-state index is 13.6. The van der Waals surface area contributed by atoms with Crippen molar-refractivity contribution in [2.45, 2.75) is 25.4 Å². The van der Waals surface area contributed by atoms with E-state index in [0.717, 1.165) is 47.6 Å². The molecule has 0 radical (unpaired) electrons. The zero-order chi connectivity index (χ0) is 24.2. The third-order valence-electron chi connectivity index (χ3n) is 6.40. The van der Waals surface area contributed by atoms with Crippen molar-refractivity contribution in [3.8, 4) is 0 Å². The van der Waals surface area contributed by atoms with Gasteiger partial charge in [-0.05, 0) is 28.7 Å². The molecule has 2 heterocycles. The quantitative estimate of drug-likeness (QED) is 0.382. The molecule has 4 aromatic rings. The number of hydrogen-bond donors (Lipinski definition) is 2. The molecule has 0 fully saturated rings. The van der Waals surface area contributed by atoms with E-state index in [2.05, 4.69) is 22.3 Å².